The second-order valence-corrected chi connectivity index (χ2v) is 6.41. The van der Waals surface area contributed by atoms with Crippen LogP contribution in [-0.2, 0) is 0 Å². The number of hydrogen-bond donors (Lipinski definition) is 1. The summed E-state index contributed by atoms with van der Waals surface area (Å²) >= 11 is 1.62. The minimum absolute atomic E-state index is 0.582. The Balaban J connectivity index is 1.99. The van der Waals surface area contributed by atoms with Gasteiger partial charge in [-0.25, -0.2) is 4.98 Å². The molecule has 1 aliphatic carbocycles. The van der Waals surface area contributed by atoms with E-state index in [4.69, 9.17) is 20.2 Å². The highest BCUT2D eigenvalue weighted by Crippen LogP contribution is 2.41. The molecule has 4 nitrogen and oxygen atoms in total. The first-order valence-electron chi connectivity index (χ1n) is 7.21. The van der Waals surface area contributed by atoms with E-state index >= 15 is 0 Å². The number of methoxy groups -OCH3 is 2. The Hall–Kier alpha value is -1.75. The van der Waals surface area contributed by atoms with Gasteiger partial charge in [-0.15, -0.1) is 11.3 Å². The molecule has 0 radical (unpaired) electrons. The van der Waals surface area contributed by atoms with Crippen LogP contribution < -0.4 is 15.2 Å². The van der Waals surface area contributed by atoms with Crippen molar-refractivity contribution in [2.24, 2.45) is 0 Å². The van der Waals surface area contributed by atoms with Crippen LogP contribution in [0.5, 0.6) is 11.5 Å². The average molecular weight is 304 g/mol. The van der Waals surface area contributed by atoms with Crippen molar-refractivity contribution in [1.29, 1.82) is 0 Å². The third-order valence-electron chi connectivity index (χ3n) is 4.00. The smallest absolute Gasteiger partial charge is 0.123 e. The van der Waals surface area contributed by atoms with Crippen LogP contribution in [0.3, 0.4) is 0 Å². The SMILES string of the molecule is COc1cc(OC)cc(-c2nc(C3CCCC3)sc2N)c1. The first-order valence-corrected chi connectivity index (χ1v) is 8.02. The largest absolute Gasteiger partial charge is 0.497 e. The van der Waals surface area contributed by atoms with Gasteiger partial charge in [-0.3, -0.25) is 0 Å². The number of nitrogens with zero attached hydrogens (tertiary/aromatic N) is 1. The van der Waals surface area contributed by atoms with Crippen LogP contribution in [0.1, 0.15) is 36.6 Å². The fraction of sp³-hybridized carbons (Fsp3) is 0.438. The van der Waals surface area contributed by atoms with Gasteiger partial charge in [0.1, 0.15) is 22.2 Å². The molecular weight excluding hydrogens is 284 g/mol. The molecule has 0 spiro atoms. The molecule has 1 heterocycles. The number of nitrogen functional groups attached to an aromatic ring is 1. The molecule has 2 N–H and O–H groups in total. The molecule has 1 fully saturated rings. The van der Waals surface area contributed by atoms with Crippen LogP contribution in [0.4, 0.5) is 5.00 Å². The lowest BCUT2D eigenvalue weighted by Gasteiger charge is -2.07. The lowest BCUT2D eigenvalue weighted by atomic mass is 10.1. The van der Waals surface area contributed by atoms with E-state index in [0.717, 1.165) is 27.8 Å². The maximum atomic E-state index is 6.20. The lowest BCUT2D eigenvalue weighted by Crippen LogP contribution is -1.93. The summed E-state index contributed by atoms with van der Waals surface area (Å²) < 4.78 is 10.6. The second kappa shape index (κ2) is 5.93. The van der Waals surface area contributed by atoms with Gasteiger partial charge in [0.05, 0.1) is 19.2 Å². The standard InChI is InChI=1S/C16H20N2O2S/c1-19-12-7-11(8-13(9-12)20-2)14-15(17)21-16(18-14)10-5-3-4-6-10/h7-10H,3-6,17H2,1-2H3. The summed E-state index contributed by atoms with van der Waals surface area (Å²) in [6.07, 6.45) is 5.06. The maximum absolute atomic E-state index is 6.20. The van der Waals surface area contributed by atoms with Crippen molar-refractivity contribution in [3.05, 3.63) is 23.2 Å². The summed E-state index contributed by atoms with van der Waals surface area (Å²) in [5.41, 5.74) is 7.99. The molecule has 1 aliphatic rings. The zero-order valence-electron chi connectivity index (χ0n) is 12.4. The summed E-state index contributed by atoms with van der Waals surface area (Å²) in [6, 6.07) is 5.75. The molecule has 0 saturated heterocycles. The van der Waals surface area contributed by atoms with Crippen LogP contribution in [0.15, 0.2) is 18.2 Å². The van der Waals surface area contributed by atoms with Gasteiger partial charge >= 0.3 is 0 Å². The van der Waals surface area contributed by atoms with Crippen molar-refractivity contribution in [1.82, 2.24) is 4.98 Å². The third kappa shape index (κ3) is 2.83. The first kappa shape index (κ1) is 14.2. The monoisotopic (exact) mass is 304 g/mol. The van der Waals surface area contributed by atoms with Crippen molar-refractivity contribution < 1.29 is 9.47 Å². The van der Waals surface area contributed by atoms with Gasteiger partial charge in [-0.1, -0.05) is 12.8 Å². The third-order valence-corrected chi connectivity index (χ3v) is 5.05. The van der Waals surface area contributed by atoms with E-state index in [1.165, 1.54) is 30.7 Å². The number of aromatic nitrogens is 1. The molecule has 5 heteroatoms. The van der Waals surface area contributed by atoms with Crippen molar-refractivity contribution in [2.75, 3.05) is 20.0 Å². The van der Waals surface area contributed by atoms with Gasteiger partial charge < -0.3 is 15.2 Å². The summed E-state index contributed by atoms with van der Waals surface area (Å²) in [5.74, 6) is 2.08. The molecule has 0 bridgehead atoms. The molecule has 21 heavy (non-hydrogen) atoms. The van der Waals surface area contributed by atoms with Crippen LogP contribution >= 0.6 is 11.3 Å². The molecule has 1 aromatic carbocycles. The van der Waals surface area contributed by atoms with Gasteiger partial charge in [-0.2, -0.15) is 0 Å². The maximum Gasteiger partial charge on any atom is 0.123 e. The average Bonchev–Trinajstić information content (AvgIpc) is 3.15. The zero-order valence-corrected chi connectivity index (χ0v) is 13.2. The summed E-state index contributed by atoms with van der Waals surface area (Å²) in [7, 11) is 3.29. The minimum atomic E-state index is 0.582. The highest BCUT2D eigenvalue weighted by molar-refractivity contribution is 7.16. The van der Waals surface area contributed by atoms with Crippen molar-refractivity contribution in [3.8, 4) is 22.8 Å². The highest BCUT2D eigenvalue weighted by atomic mass is 32.1. The van der Waals surface area contributed by atoms with Gasteiger partial charge in [0.25, 0.3) is 0 Å². The summed E-state index contributed by atoms with van der Waals surface area (Å²) in [5, 5.41) is 1.94. The van der Waals surface area contributed by atoms with Crippen molar-refractivity contribution >= 4 is 16.3 Å². The van der Waals surface area contributed by atoms with Crippen LogP contribution in [0.25, 0.3) is 11.3 Å². The fourth-order valence-electron chi connectivity index (χ4n) is 2.85. The van der Waals surface area contributed by atoms with E-state index in [-0.39, 0.29) is 0 Å². The van der Waals surface area contributed by atoms with E-state index in [2.05, 4.69) is 0 Å². The van der Waals surface area contributed by atoms with Crippen molar-refractivity contribution in [2.45, 2.75) is 31.6 Å². The van der Waals surface area contributed by atoms with Crippen LogP contribution in [-0.4, -0.2) is 19.2 Å². The predicted molar refractivity (Wildman–Crippen MR) is 86.3 cm³/mol. The van der Waals surface area contributed by atoms with E-state index in [1.807, 2.05) is 18.2 Å². The molecule has 0 unspecified atom stereocenters. The molecule has 0 aliphatic heterocycles. The Morgan fingerprint density at radius 3 is 2.29 bits per heavy atom. The lowest BCUT2D eigenvalue weighted by molar-refractivity contribution is 0.394. The molecule has 0 amide bonds. The zero-order chi connectivity index (χ0) is 14.8. The Bertz CT molecular complexity index is 611. The number of nitrogens with two attached hydrogens (primary N) is 1. The minimum Gasteiger partial charge on any atom is -0.497 e. The fourth-order valence-corrected chi connectivity index (χ4v) is 3.87. The number of anilines is 1. The molecule has 3 rings (SSSR count). The van der Waals surface area contributed by atoms with E-state index < -0.39 is 0 Å². The second-order valence-electron chi connectivity index (χ2n) is 5.35. The number of benzene rings is 1. The first-order chi connectivity index (χ1) is 10.2. The number of thiazole rings is 1. The molecule has 1 saturated carbocycles. The number of ether oxygens (including phenoxy) is 2. The van der Waals surface area contributed by atoms with E-state index in [1.54, 1.807) is 25.6 Å². The Morgan fingerprint density at radius 1 is 1.10 bits per heavy atom. The van der Waals surface area contributed by atoms with Crippen LogP contribution in [0.2, 0.25) is 0 Å². The topological polar surface area (TPSA) is 57.4 Å². The van der Waals surface area contributed by atoms with E-state index in [0.29, 0.717) is 5.92 Å². The van der Waals surface area contributed by atoms with Gasteiger partial charge in [0, 0.05) is 17.5 Å². The number of hydrogen-bond acceptors (Lipinski definition) is 5. The van der Waals surface area contributed by atoms with E-state index in [9.17, 15) is 0 Å². The van der Waals surface area contributed by atoms with Crippen LogP contribution in [0, 0.1) is 0 Å². The van der Waals surface area contributed by atoms with Gasteiger partial charge in [0.2, 0.25) is 0 Å². The quantitative estimate of drug-likeness (QED) is 0.925. The normalized spacial score (nSPS) is 15.3. The summed E-state index contributed by atoms with van der Waals surface area (Å²) in [4.78, 5) is 4.80. The Kier molecular flexibility index (Phi) is 4.01. The van der Waals surface area contributed by atoms with Gasteiger partial charge in [0.15, 0.2) is 0 Å². The highest BCUT2D eigenvalue weighted by Gasteiger charge is 2.22. The molecule has 1 aromatic heterocycles. The molecule has 2 aromatic rings. The molecule has 0 atom stereocenters. The van der Waals surface area contributed by atoms with Crippen molar-refractivity contribution in [3.63, 3.8) is 0 Å². The number of rotatable bonds is 4. The molecule has 112 valence electrons. The summed E-state index contributed by atoms with van der Waals surface area (Å²) in [6.45, 7) is 0. The predicted octanol–water partition coefficient (Wildman–Crippen LogP) is 4.07. The Labute approximate surface area is 128 Å². The van der Waals surface area contributed by atoms with Gasteiger partial charge in [-0.05, 0) is 25.0 Å². The Morgan fingerprint density at radius 2 is 1.71 bits per heavy atom. The molecular formula is C16H20N2O2S.